The SMILES string of the molecule is COc1cc(NC(=O)CC[C@@H]2CCCN(CC=C(C)C)C2)cc(OC)c1. The lowest BCUT2D eigenvalue weighted by molar-refractivity contribution is -0.116. The molecular weight excluding hydrogens is 328 g/mol. The number of rotatable bonds is 8. The molecule has 5 heteroatoms. The van der Waals surface area contributed by atoms with Gasteiger partial charge >= 0.3 is 0 Å². The van der Waals surface area contributed by atoms with Crippen molar-refractivity contribution in [3.8, 4) is 11.5 Å². The monoisotopic (exact) mass is 360 g/mol. The van der Waals surface area contributed by atoms with Gasteiger partial charge in [-0.15, -0.1) is 0 Å². The Morgan fingerprint density at radius 3 is 2.54 bits per heavy atom. The smallest absolute Gasteiger partial charge is 0.224 e. The van der Waals surface area contributed by atoms with Gasteiger partial charge in [0.2, 0.25) is 5.91 Å². The van der Waals surface area contributed by atoms with E-state index in [1.54, 1.807) is 20.3 Å². The molecule has 1 heterocycles. The Hall–Kier alpha value is -2.01. The van der Waals surface area contributed by atoms with Gasteiger partial charge in [-0.25, -0.2) is 0 Å². The Morgan fingerprint density at radius 1 is 1.23 bits per heavy atom. The summed E-state index contributed by atoms with van der Waals surface area (Å²) >= 11 is 0. The molecule has 144 valence electrons. The van der Waals surface area contributed by atoms with Gasteiger partial charge in [0.15, 0.2) is 0 Å². The molecule has 0 saturated carbocycles. The quantitative estimate of drug-likeness (QED) is 0.709. The highest BCUT2D eigenvalue weighted by molar-refractivity contribution is 5.91. The number of anilines is 1. The number of hydrogen-bond donors (Lipinski definition) is 1. The molecule has 1 aliphatic rings. The van der Waals surface area contributed by atoms with Crippen LogP contribution in [0.5, 0.6) is 11.5 Å². The second-order valence-electron chi connectivity index (χ2n) is 7.24. The third kappa shape index (κ3) is 6.71. The maximum atomic E-state index is 12.3. The van der Waals surface area contributed by atoms with Crippen LogP contribution < -0.4 is 14.8 Å². The van der Waals surface area contributed by atoms with E-state index in [0.29, 0.717) is 29.5 Å². The second-order valence-corrected chi connectivity index (χ2v) is 7.24. The summed E-state index contributed by atoms with van der Waals surface area (Å²) in [6.07, 6.45) is 6.19. The fourth-order valence-electron chi connectivity index (χ4n) is 3.30. The number of likely N-dealkylation sites (tertiary alicyclic amines) is 1. The third-order valence-electron chi connectivity index (χ3n) is 4.78. The normalized spacial score (nSPS) is 17.5. The van der Waals surface area contributed by atoms with Crippen LogP contribution in [0.4, 0.5) is 5.69 Å². The number of hydrogen-bond acceptors (Lipinski definition) is 4. The van der Waals surface area contributed by atoms with Crippen molar-refractivity contribution in [3.63, 3.8) is 0 Å². The average molecular weight is 360 g/mol. The zero-order chi connectivity index (χ0) is 18.9. The van der Waals surface area contributed by atoms with Crippen molar-refractivity contribution in [2.75, 3.05) is 39.2 Å². The molecule has 2 rings (SSSR count). The summed E-state index contributed by atoms with van der Waals surface area (Å²) in [6, 6.07) is 5.41. The van der Waals surface area contributed by atoms with Gasteiger partial charge < -0.3 is 14.8 Å². The van der Waals surface area contributed by atoms with Crippen LogP contribution in [0.15, 0.2) is 29.8 Å². The fraction of sp³-hybridized carbons (Fsp3) is 0.571. The van der Waals surface area contributed by atoms with E-state index in [-0.39, 0.29) is 5.91 Å². The summed E-state index contributed by atoms with van der Waals surface area (Å²) in [6.45, 7) is 7.55. The lowest BCUT2D eigenvalue weighted by atomic mass is 9.93. The van der Waals surface area contributed by atoms with Crippen LogP contribution >= 0.6 is 0 Å². The Balaban J connectivity index is 1.82. The van der Waals surface area contributed by atoms with E-state index in [4.69, 9.17) is 9.47 Å². The number of nitrogens with zero attached hydrogens (tertiary/aromatic N) is 1. The molecule has 1 aromatic carbocycles. The molecule has 0 aromatic heterocycles. The third-order valence-corrected chi connectivity index (χ3v) is 4.78. The summed E-state index contributed by atoms with van der Waals surface area (Å²) < 4.78 is 10.5. The molecule has 26 heavy (non-hydrogen) atoms. The van der Waals surface area contributed by atoms with Crippen LogP contribution in [0, 0.1) is 5.92 Å². The van der Waals surface area contributed by atoms with Crippen molar-refractivity contribution >= 4 is 11.6 Å². The Bertz CT molecular complexity index is 601. The maximum absolute atomic E-state index is 12.3. The number of methoxy groups -OCH3 is 2. The Kier molecular flexibility index (Phi) is 7.98. The first-order valence-electron chi connectivity index (χ1n) is 9.38. The summed E-state index contributed by atoms with van der Waals surface area (Å²) in [5, 5.41) is 2.96. The number of ether oxygens (including phenoxy) is 2. The van der Waals surface area contributed by atoms with Crippen LogP contribution in [0.1, 0.15) is 39.5 Å². The van der Waals surface area contributed by atoms with Crippen LogP contribution in [-0.4, -0.2) is 44.7 Å². The van der Waals surface area contributed by atoms with Crippen molar-refractivity contribution < 1.29 is 14.3 Å². The van der Waals surface area contributed by atoms with Crippen molar-refractivity contribution in [2.45, 2.75) is 39.5 Å². The summed E-state index contributed by atoms with van der Waals surface area (Å²) in [7, 11) is 3.20. The van der Waals surface area contributed by atoms with Gasteiger partial charge in [0.05, 0.1) is 14.2 Å². The molecule has 1 N–H and O–H groups in total. The minimum absolute atomic E-state index is 0.0433. The van der Waals surface area contributed by atoms with Gasteiger partial charge in [-0.1, -0.05) is 11.6 Å². The number of benzene rings is 1. The van der Waals surface area contributed by atoms with E-state index in [2.05, 4.69) is 30.1 Å². The molecule has 0 radical (unpaired) electrons. The van der Waals surface area contributed by atoms with Crippen molar-refractivity contribution in [1.29, 1.82) is 0 Å². The first-order chi connectivity index (χ1) is 12.5. The second kappa shape index (κ2) is 10.2. The molecule has 0 aliphatic carbocycles. The number of piperidine rings is 1. The molecular formula is C21H32N2O3. The van der Waals surface area contributed by atoms with Gasteiger partial charge in [0, 0.05) is 43.4 Å². The number of carbonyl (C=O) groups excluding carboxylic acids is 1. The van der Waals surface area contributed by atoms with Crippen molar-refractivity contribution in [2.24, 2.45) is 5.92 Å². The lowest BCUT2D eigenvalue weighted by Gasteiger charge is -2.32. The zero-order valence-electron chi connectivity index (χ0n) is 16.5. The topological polar surface area (TPSA) is 50.8 Å². The number of allylic oxidation sites excluding steroid dienone is 1. The van der Waals surface area contributed by atoms with Gasteiger partial charge in [-0.3, -0.25) is 9.69 Å². The van der Waals surface area contributed by atoms with Gasteiger partial charge in [-0.2, -0.15) is 0 Å². The predicted molar refractivity (Wildman–Crippen MR) is 106 cm³/mol. The van der Waals surface area contributed by atoms with E-state index in [1.807, 2.05) is 12.1 Å². The molecule has 1 saturated heterocycles. The molecule has 0 spiro atoms. The Labute approximate surface area is 157 Å². The first kappa shape index (κ1) is 20.3. The van der Waals surface area contributed by atoms with E-state index < -0.39 is 0 Å². The summed E-state index contributed by atoms with van der Waals surface area (Å²) in [5.74, 6) is 1.98. The average Bonchev–Trinajstić information content (AvgIpc) is 2.64. The largest absolute Gasteiger partial charge is 0.497 e. The molecule has 1 amide bonds. The summed E-state index contributed by atoms with van der Waals surface area (Å²) in [5.41, 5.74) is 2.07. The van der Waals surface area contributed by atoms with Gasteiger partial charge in [0.25, 0.3) is 0 Å². The van der Waals surface area contributed by atoms with Crippen LogP contribution in [0.25, 0.3) is 0 Å². The molecule has 1 fully saturated rings. The van der Waals surface area contributed by atoms with Crippen molar-refractivity contribution in [1.82, 2.24) is 4.90 Å². The minimum atomic E-state index is 0.0433. The molecule has 0 unspecified atom stereocenters. The standard InChI is InChI=1S/C21H32N2O3/c1-16(2)9-11-23-10-5-6-17(15-23)7-8-21(24)22-18-12-19(25-3)14-20(13-18)26-4/h9,12-14,17H,5-8,10-11,15H2,1-4H3,(H,22,24)/t17-/m0/s1. The highest BCUT2D eigenvalue weighted by atomic mass is 16.5. The zero-order valence-corrected chi connectivity index (χ0v) is 16.5. The van der Waals surface area contributed by atoms with E-state index in [0.717, 1.165) is 26.1 Å². The van der Waals surface area contributed by atoms with Crippen LogP contribution in [-0.2, 0) is 4.79 Å². The first-order valence-corrected chi connectivity index (χ1v) is 9.38. The molecule has 1 aromatic rings. The fourth-order valence-corrected chi connectivity index (χ4v) is 3.30. The predicted octanol–water partition coefficient (Wildman–Crippen LogP) is 4.10. The van der Waals surface area contributed by atoms with Gasteiger partial charge in [-0.05, 0) is 45.6 Å². The van der Waals surface area contributed by atoms with Crippen LogP contribution in [0.2, 0.25) is 0 Å². The van der Waals surface area contributed by atoms with E-state index in [1.165, 1.54) is 18.4 Å². The molecule has 1 atom stereocenters. The van der Waals surface area contributed by atoms with E-state index >= 15 is 0 Å². The number of nitrogens with one attached hydrogen (secondary N) is 1. The maximum Gasteiger partial charge on any atom is 0.224 e. The molecule has 1 aliphatic heterocycles. The van der Waals surface area contributed by atoms with Crippen LogP contribution in [0.3, 0.4) is 0 Å². The highest BCUT2D eigenvalue weighted by Crippen LogP contribution is 2.26. The van der Waals surface area contributed by atoms with Gasteiger partial charge in [0.1, 0.15) is 11.5 Å². The number of carbonyl (C=O) groups is 1. The highest BCUT2D eigenvalue weighted by Gasteiger charge is 2.20. The minimum Gasteiger partial charge on any atom is -0.497 e. The number of amides is 1. The molecule has 5 nitrogen and oxygen atoms in total. The Morgan fingerprint density at radius 2 is 1.92 bits per heavy atom. The summed E-state index contributed by atoms with van der Waals surface area (Å²) in [4.78, 5) is 14.8. The lowest BCUT2D eigenvalue weighted by Crippen LogP contribution is -2.35. The van der Waals surface area contributed by atoms with Crippen molar-refractivity contribution in [3.05, 3.63) is 29.8 Å². The van der Waals surface area contributed by atoms with E-state index in [9.17, 15) is 4.79 Å². The molecule has 0 bridgehead atoms.